The molecule has 16 heavy (non-hydrogen) atoms. The van der Waals surface area contributed by atoms with Crippen LogP contribution in [0.25, 0.3) is 0 Å². The Morgan fingerprint density at radius 2 is 2.31 bits per heavy atom. The maximum absolute atomic E-state index is 11.6. The molecule has 0 aliphatic heterocycles. The van der Waals surface area contributed by atoms with Crippen LogP contribution in [-0.2, 0) is 17.9 Å². The van der Waals surface area contributed by atoms with Gasteiger partial charge >= 0.3 is 0 Å². The van der Waals surface area contributed by atoms with Gasteiger partial charge in [0.1, 0.15) is 6.54 Å². The van der Waals surface area contributed by atoms with Gasteiger partial charge in [-0.15, -0.1) is 0 Å². The number of hydrogen-bond acceptors (Lipinski definition) is 2. The molecule has 0 bridgehead atoms. The molecule has 0 unspecified atom stereocenters. The minimum absolute atomic E-state index is 0.129. The van der Waals surface area contributed by atoms with Crippen LogP contribution in [0.4, 0.5) is 0 Å². The van der Waals surface area contributed by atoms with Gasteiger partial charge in [-0.05, 0) is 25.0 Å². The molecule has 0 atom stereocenters. The first-order valence-corrected chi connectivity index (χ1v) is 5.74. The number of aromatic nitrogens is 1. The third-order valence-electron chi connectivity index (χ3n) is 2.88. The molecule has 1 aromatic rings. The number of rotatable bonds is 5. The highest BCUT2D eigenvalue weighted by Gasteiger charge is 2.20. The maximum atomic E-state index is 11.6. The van der Waals surface area contributed by atoms with Crippen molar-refractivity contribution in [1.29, 1.82) is 0 Å². The molecule has 0 spiro atoms. The molecule has 4 nitrogen and oxygen atoms in total. The van der Waals surface area contributed by atoms with Crippen molar-refractivity contribution in [3.8, 4) is 0 Å². The molecule has 0 radical (unpaired) electrons. The number of nitrogens with zero attached hydrogens (tertiary/aromatic N) is 2. The maximum Gasteiger partial charge on any atom is 0.241 e. The molecule has 88 valence electrons. The van der Waals surface area contributed by atoms with E-state index in [1.807, 2.05) is 16.8 Å². The van der Waals surface area contributed by atoms with Crippen LogP contribution in [-0.4, -0.2) is 35.5 Å². The minimum atomic E-state index is 0.129. The lowest BCUT2D eigenvalue weighted by atomic mass is 10.4. The summed E-state index contributed by atoms with van der Waals surface area (Å²) in [5.74, 6) is 0.129. The van der Waals surface area contributed by atoms with E-state index in [1.165, 1.54) is 18.5 Å². The quantitative estimate of drug-likeness (QED) is 0.799. The van der Waals surface area contributed by atoms with Gasteiger partial charge in [0.15, 0.2) is 0 Å². The molecule has 1 amide bonds. The fourth-order valence-electron chi connectivity index (χ4n) is 1.59. The van der Waals surface area contributed by atoms with Crippen molar-refractivity contribution in [1.82, 2.24) is 14.8 Å². The van der Waals surface area contributed by atoms with Gasteiger partial charge in [-0.2, -0.15) is 0 Å². The zero-order chi connectivity index (χ0) is 11.5. The number of likely N-dealkylation sites (N-methyl/N-ethyl adjacent to an activating group) is 1. The molecule has 1 aromatic heterocycles. The van der Waals surface area contributed by atoms with E-state index in [4.69, 9.17) is 0 Å². The van der Waals surface area contributed by atoms with Gasteiger partial charge < -0.3 is 14.8 Å². The van der Waals surface area contributed by atoms with Gasteiger partial charge in [-0.1, -0.05) is 0 Å². The number of nitrogens with one attached hydrogen (secondary N) is 1. The highest BCUT2D eigenvalue weighted by molar-refractivity contribution is 5.75. The first kappa shape index (κ1) is 11.2. The van der Waals surface area contributed by atoms with Crippen LogP contribution in [0.3, 0.4) is 0 Å². The molecule has 1 fully saturated rings. The fraction of sp³-hybridized carbons (Fsp3) is 0.583. The fourth-order valence-corrected chi connectivity index (χ4v) is 1.59. The Balaban J connectivity index is 1.92. The topological polar surface area (TPSA) is 37.3 Å². The molecule has 0 aromatic carbocycles. The molecule has 0 saturated heterocycles. The van der Waals surface area contributed by atoms with Crippen molar-refractivity contribution in [3.05, 3.63) is 24.0 Å². The number of carbonyl (C=O) groups excluding carboxylic acids is 1. The average Bonchev–Trinajstić information content (AvgIpc) is 2.97. The Morgan fingerprint density at radius 1 is 1.56 bits per heavy atom. The summed E-state index contributed by atoms with van der Waals surface area (Å²) in [6, 6.07) is 4.76. The molecule has 1 saturated carbocycles. The van der Waals surface area contributed by atoms with Crippen LogP contribution < -0.4 is 5.32 Å². The third kappa shape index (κ3) is 2.85. The zero-order valence-corrected chi connectivity index (χ0v) is 9.94. The van der Waals surface area contributed by atoms with Crippen LogP contribution in [0, 0.1) is 0 Å². The highest BCUT2D eigenvalue weighted by Crippen LogP contribution is 2.19. The molecule has 2 rings (SSSR count). The Morgan fingerprint density at radius 3 is 2.94 bits per heavy atom. The highest BCUT2D eigenvalue weighted by atomic mass is 16.2. The number of amides is 1. The predicted molar refractivity (Wildman–Crippen MR) is 63.0 cm³/mol. The first-order chi connectivity index (χ1) is 7.66. The summed E-state index contributed by atoms with van der Waals surface area (Å²) in [4.78, 5) is 13.2. The standard InChI is InChI=1S/C12H19N3O/c1-14(2)12(16)9-15-7-3-4-11(15)8-13-10-5-6-10/h3-4,7,10,13H,5-6,8-9H2,1-2H3. The van der Waals surface area contributed by atoms with Crippen molar-refractivity contribution in [2.75, 3.05) is 14.1 Å². The molecular formula is C12H19N3O. The summed E-state index contributed by atoms with van der Waals surface area (Å²) in [7, 11) is 3.57. The van der Waals surface area contributed by atoms with Crippen molar-refractivity contribution in [2.24, 2.45) is 0 Å². The molecule has 1 N–H and O–H groups in total. The van der Waals surface area contributed by atoms with Crippen LogP contribution in [0.1, 0.15) is 18.5 Å². The van der Waals surface area contributed by atoms with E-state index >= 15 is 0 Å². The van der Waals surface area contributed by atoms with Crippen LogP contribution in [0.15, 0.2) is 18.3 Å². The van der Waals surface area contributed by atoms with E-state index in [9.17, 15) is 4.79 Å². The second kappa shape index (κ2) is 4.70. The van der Waals surface area contributed by atoms with Gasteiger partial charge in [0, 0.05) is 38.6 Å². The normalized spacial score (nSPS) is 15.1. The van der Waals surface area contributed by atoms with Crippen LogP contribution >= 0.6 is 0 Å². The third-order valence-corrected chi connectivity index (χ3v) is 2.88. The van der Waals surface area contributed by atoms with E-state index < -0.39 is 0 Å². The lowest BCUT2D eigenvalue weighted by Gasteiger charge is -2.13. The van der Waals surface area contributed by atoms with E-state index in [0.29, 0.717) is 12.6 Å². The smallest absolute Gasteiger partial charge is 0.241 e. The predicted octanol–water partition coefficient (Wildman–Crippen LogP) is 0.828. The Labute approximate surface area is 96.2 Å². The zero-order valence-electron chi connectivity index (χ0n) is 9.94. The van der Waals surface area contributed by atoms with Gasteiger partial charge in [0.25, 0.3) is 0 Å². The SMILES string of the molecule is CN(C)C(=O)Cn1cccc1CNC1CC1. The number of carbonyl (C=O) groups is 1. The molecule has 4 heteroatoms. The summed E-state index contributed by atoms with van der Waals surface area (Å²) in [5.41, 5.74) is 1.18. The first-order valence-electron chi connectivity index (χ1n) is 5.74. The van der Waals surface area contributed by atoms with Gasteiger partial charge in [0.05, 0.1) is 0 Å². The van der Waals surface area contributed by atoms with Crippen molar-refractivity contribution >= 4 is 5.91 Å². The molecule has 1 heterocycles. The summed E-state index contributed by atoms with van der Waals surface area (Å²) in [6.45, 7) is 1.29. The van der Waals surface area contributed by atoms with E-state index in [1.54, 1.807) is 19.0 Å². The van der Waals surface area contributed by atoms with E-state index in [-0.39, 0.29) is 5.91 Å². The Bertz CT molecular complexity index is 366. The summed E-state index contributed by atoms with van der Waals surface area (Å²) in [5, 5.41) is 3.46. The molecule has 1 aliphatic carbocycles. The van der Waals surface area contributed by atoms with Crippen molar-refractivity contribution < 1.29 is 4.79 Å². The van der Waals surface area contributed by atoms with Gasteiger partial charge in [-0.3, -0.25) is 4.79 Å². The van der Waals surface area contributed by atoms with Gasteiger partial charge in [-0.25, -0.2) is 0 Å². The van der Waals surface area contributed by atoms with E-state index in [0.717, 1.165) is 6.54 Å². The summed E-state index contributed by atoms with van der Waals surface area (Å²) in [6.07, 6.45) is 4.54. The van der Waals surface area contributed by atoms with Crippen LogP contribution in [0.5, 0.6) is 0 Å². The summed E-state index contributed by atoms with van der Waals surface area (Å²) >= 11 is 0. The van der Waals surface area contributed by atoms with Crippen LogP contribution in [0.2, 0.25) is 0 Å². The minimum Gasteiger partial charge on any atom is -0.347 e. The largest absolute Gasteiger partial charge is 0.347 e. The van der Waals surface area contributed by atoms with Crippen molar-refractivity contribution in [3.63, 3.8) is 0 Å². The lowest BCUT2D eigenvalue weighted by molar-refractivity contribution is -0.129. The Hall–Kier alpha value is -1.29. The average molecular weight is 221 g/mol. The monoisotopic (exact) mass is 221 g/mol. The summed E-state index contributed by atoms with van der Waals surface area (Å²) < 4.78 is 2.01. The number of hydrogen-bond donors (Lipinski definition) is 1. The second-order valence-corrected chi connectivity index (χ2v) is 4.57. The van der Waals surface area contributed by atoms with Gasteiger partial charge in [0.2, 0.25) is 5.91 Å². The Kier molecular flexibility index (Phi) is 3.29. The lowest BCUT2D eigenvalue weighted by Crippen LogP contribution is -2.27. The van der Waals surface area contributed by atoms with Crippen molar-refractivity contribution in [2.45, 2.75) is 32.0 Å². The van der Waals surface area contributed by atoms with E-state index in [2.05, 4.69) is 11.4 Å². The molecular weight excluding hydrogens is 202 g/mol. The second-order valence-electron chi connectivity index (χ2n) is 4.57. The molecule has 1 aliphatic rings.